The molecule has 0 aliphatic carbocycles. The molecular weight excluding hydrogens is 217 g/mol. The summed E-state index contributed by atoms with van der Waals surface area (Å²) in [5.74, 6) is -0.467. The molecule has 0 aliphatic rings. The molecule has 2 nitrogen and oxygen atoms in total. The van der Waals surface area contributed by atoms with Crippen LogP contribution in [0.2, 0.25) is 0 Å². The Hall–Kier alpha value is -1.64. The van der Waals surface area contributed by atoms with Gasteiger partial charge in [0.05, 0.1) is 0 Å². The molecule has 0 aliphatic heterocycles. The molecule has 92 valence electrons. The molecule has 1 aromatic carbocycles. The number of carbonyl (C=O) groups is 1. The Morgan fingerprint density at radius 1 is 1.47 bits per heavy atom. The summed E-state index contributed by atoms with van der Waals surface area (Å²) in [4.78, 5) is 11.7. The van der Waals surface area contributed by atoms with Crippen LogP contribution < -0.4 is 5.32 Å². The SMILES string of the molecule is CCC(C)NC(=O)/C(C)=C/c1ccccc1F. The van der Waals surface area contributed by atoms with Crippen molar-refractivity contribution in [2.24, 2.45) is 0 Å². The second kappa shape index (κ2) is 6.18. The van der Waals surface area contributed by atoms with Crippen molar-refractivity contribution < 1.29 is 9.18 Å². The summed E-state index contributed by atoms with van der Waals surface area (Å²) in [7, 11) is 0. The highest BCUT2D eigenvalue weighted by atomic mass is 19.1. The number of nitrogens with one attached hydrogen (secondary N) is 1. The van der Waals surface area contributed by atoms with E-state index in [0.29, 0.717) is 11.1 Å². The van der Waals surface area contributed by atoms with Gasteiger partial charge in [-0.05, 0) is 32.4 Å². The lowest BCUT2D eigenvalue weighted by Gasteiger charge is -2.11. The second-order valence-electron chi connectivity index (χ2n) is 4.13. The molecule has 0 fully saturated rings. The third-order valence-electron chi connectivity index (χ3n) is 2.63. The normalized spacial score (nSPS) is 13.3. The van der Waals surface area contributed by atoms with Gasteiger partial charge in [0.1, 0.15) is 5.82 Å². The van der Waals surface area contributed by atoms with Crippen molar-refractivity contribution in [1.82, 2.24) is 5.32 Å². The van der Waals surface area contributed by atoms with Crippen molar-refractivity contribution in [3.05, 3.63) is 41.2 Å². The molecule has 0 saturated heterocycles. The van der Waals surface area contributed by atoms with E-state index in [2.05, 4.69) is 5.32 Å². The van der Waals surface area contributed by atoms with Gasteiger partial charge in [0.2, 0.25) is 5.91 Å². The molecule has 0 spiro atoms. The van der Waals surface area contributed by atoms with E-state index in [1.165, 1.54) is 6.07 Å². The van der Waals surface area contributed by atoms with E-state index in [1.54, 1.807) is 31.2 Å². The van der Waals surface area contributed by atoms with Crippen LogP contribution in [0.25, 0.3) is 6.08 Å². The van der Waals surface area contributed by atoms with Crippen LogP contribution in [0.5, 0.6) is 0 Å². The summed E-state index contributed by atoms with van der Waals surface area (Å²) in [6.07, 6.45) is 2.44. The Labute approximate surface area is 102 Å². The third kappa shape index (κ3) is 4.02. The van der Waals surface area contributed by atoms with Gasteiger partial charge in [-0.25, -0.2) is 4.39 Å². The molecule has 0 heterocycles. The first-order chi connectivity index (χ1) is 8.04. The highest BCUT2D eigenvalue weighted by molar-refractivity contribution is 5.97. The van der Waals surface area contributed by atoms with Crippen LogP contribution in [-0.4, -0.2) is 11.9 Å². The fourth-order valence-electron chi connectivity index (χ4n) is 1.33. The lowest BCUT2D eigenvalue weighted by molar-refractivity contribution is -0.117. The summed E-state index contributed by atoms with van der Waals surface area (Å²) in [5, 5.41) is 2.84. The lowest BCUT2D eigenvalue weighted by Crippen LogP contribution is -2.32. The van der Waals surface area contributed by atoms with Crippen LogP contribution in [0.1, 0.15) is 32.8 Å². The second-order valence-corrected chi connectivity index (χ2v) is 4.13. The molecule has 0 aromatic heterocycles. The van der Waals surface area contributed by atoms with Crippen LogP contribution in [-0.2, 0) is 4.79 Å². The van der Waals surface area contributed by atoms with Gasteiger partial charge in [0.15, 0.2) is 0 Å². The molecule has 3 heteroatoms. The van der Waals surface area contributed by atoms with E-state index < -0.39 is 0 Å². The zero-order valence-corrected chi connectivity index (χ0v) is 10.5. The number of carbonyl (C=O) groups excluding carboxylic acids is 1. The molecule has 1 amide bonds. The molecule has 0 saturated carbocycles. The number of amides is 1. The fraction of sp³-hybridized carbons (Fsp3) is 0.357. The van der Waals surface area contributed by atoms with Gasteiger partial charge in [0.25, 0.3) is 0 Å². The van der Waals surface area contributed by atoms with Gasteiger partial charge in [-0.1, -0.05) is 25.1 Å². The molecule has 1 aromatic rings. The zero-order valence-electron chi connectivity index (χ0n) is 10.5. The molecular formula is C14H18FNO. The first-order valence-corrected chi connectivity index (χ1v) is 5.78. The highest BCUT2D eigenvalue weighted by Crippen LogP contribution is 2.11. The number of rotatable bonds is 4. The third-order valence-corrected chi connectivity index (χ3v) is 2.63. The number of hydrogen-bond donors (Lipinski definition) is 1. The Morgan fingerprint density at radius 2 is 2.12 bits per heavy atom. The minimum absolute atomic E-state index is 0.131. The van der Waals surface area contributed by atoms with Crippen molar-refractivity contribution >= 4 is 12.0 Å². The minimum atomic E-state index is -0.316. The number of halogens is 1. The van der Waals surface area contributed by atoms with Gasteiger partial charge < -0.3 is 5.32 Å². The first kappa shape index (κ1) is 13.4. The van der Waals surface area contributed by atoms with E-state index in [-0.39, 0.29) is 17.8 Å². The number of hydrogen-bond acceptors (Lipinski definition) is 1. The number of benzene rings is 1. The first-order valence-electron chi connectivity index (χ1n) is 5.78. The van der Waals surface area contributed by atoms with Gasteiger partial charge >= 0.3 is 0 Å². The maximum Gasteiger partial charge on any atom is 0.247 e. The lowest BCUT2D eigenvalue weighted by atomic mass is 10.1. The summed E-state index contributed by atoms with van der Waals surface area (Å²) in [5.41, 5.74) is 0.944. The molecule has 1 unspecified atom stereocenters. The Balaban J connectivity index is 2.79. The van der Waals surface area contributed by atoms with E-state index in [1.807, 2.05) is 13.8 Å². The van der Waals surface area contributed by atoms with Crippen LogP contribution in [0, 0.1) is 5.82 Å². The van der Waals surface area contributed by atoms with E-state index in [0.717, 1.165) is 6.42 Å². The van der Waals surface area contributed by atoms with Gasteiger partial charge in [0, 0.05) is 17.2 Å². The van der Waals surface area contributed by atoms with E-state index >= 15 is 0 Å². The van der Waals surface area contributed by atoms with Crippen molar-refractivity contribution in [2.45, 2.75) is 33.2 Å². The average molecular weight is 235 g/mol. The molecule has 1 N–H and O–H groups in total. The summed E-state index contributed by atoms with van der Waals surface area (Å²) in [6, 6.07) is 6.53. The average Bonchev–Trinajstić information content (AvgIpc) is 2.31. The Kier molecular flexibility index (Phi) is 4.88. The smallest absolute Gasteiger partial charge is 0.247 e. The summed E-state index contributed by atoms with van der Waals surface area (Å²) < 4.78 is 13.4. The topological polar surface area (TPSA) is 29.1 Å². The van der Waals surface area contributed by atoms with E-state index in [4.69, 9.17) is 0 Å². The molecule has 0 bridgehead atoms. The largest absolute Gasteiger partial charge is 0.350 e. The predicted molar refractivity (Wildman–Crippen MR) is 67.9 cm³/mol. The van der Waals surface area contributed by atoms with Gasteiger partial charge in [-0.2, -0.15) is 0 Å². The monoisotopic (exact) mass is 235 g/mol. The van der Waals surface area contributed by atoms with Crippen molar-refractivity contribution in [3.63, 3.8) is 0 Å². The highest BCUT2D eigenvalue weighted by Gasteiger charge is 2.08. The summed E-state index contributed by atoms with van der Waals surface area (Å²) in [6.45, 7) is 5.62. The Morgan fingerprint density at radius 3 is 2.71 bits per heavy atom. The molecule has 1 atom stereocenters. The van der Waals surface area contributed by atoms with Crippen LogP contribution in [0.4, 0.5) is 4.39 Å². The molecule has 0 radical (unpaired) electrons. The van der Waals surface area contributed by atoms with Gasteiger partial charge in [-0.3, -0.25) is 4.79 Å². The van der Waals surface area contributed by atoms with Crippen molar-refractivity contribution in [2.75, 3.05) is 0 Å². The van der Waals surface area contributed by atoms with Crippen molar-refractivity contribution in [3.8, 4) is 0 Å². The summed E-state index contributed by atoms with van der Waals surface area (Å²) >= 11 is 0. The van der Waals surface area contributed by atoms with Crippen LogP contribution >= 0.6 is 0 Å². The maximum absolute atomic E-state index is 13.4. The molecule has 17 heavy (non-hydrogen) atoms. The van der Waals surface area contributed by atoms with E-state index in [9.17, 15) is 9.18 Å². The Bertz CT molecular complexity index is 426. The quantitative estimate of drug-likeness (QED) is 0.798. The van der Waals surface area contributed by atoms with Crippen molar-refractivity contribution in [1.29, 1.82) is 0 Å². The van der Waals surface area contributed by atoms with Gasteiger partial charge in [-0.15, -0.1) is 0 Å². The van der Waals surface area contributed by atoms with Crippen LogP contribution in [0.3, 0.4) is 0 Å². The minimum Gasteiger partial charge on any atom is -0.350 e. The maximum atomic E-state index is 13.4. The molecule has 1 rings (SSSR count). The van der Waals surface area contributed by atoms with Crippen LogP contribution in [0.15, 0.2) is 29.8 Å². The fourth-order valence-corrected chi connectivity index (χ4v) is 1.33. The zero-order chi connectivity index (χ0) is 12.8. The standard InChI is InChI=1S/C14H18FNO/c1-4-11(3)16-14(17)10(2)9-12-7-5-6-8-13(12)15/h5-9,11H,4H2,1-3H3,(H,16,17)/b10-9+. The predicted octanol–water partition coefficient (Wildman–Crippen LogP) is 3.14.